The molecular formula is C6H10ClN3O2. The van der Waals surface area contributed by atoms with Crippen LogP contribution in [-0.4, -0.2) is 20.9 Å². The molecule has 1 aromatic heterocycles. The quantitative estimate of drug-likeness (QED) is 0.690. The predicted molar refractivity (Wildman–Crippen MR) is 45.3 cm³/mol. The molecule has 68 valence electrons. The predicted octanol–water partition coefficient (Wildman–Crippen LogP) is -0.00120. The smallest absolute Gasteiger partial charge is 0.339 e. The molecule has 0 aromatic carbocycles. The summed E-state index contributed by atoms with van der Waals surface area (Å²) in [5.74, 6) is -0.987. The molecule has 12 heavy (non-hydrogen) atoms. The van der Waals surface area contributed by atoms with Gasteiger partial charge >= 0.3 is 5.97 Å². The van der Waals surface area contributed by atoms with Crippen LogP contribution < -0.4 is 5.73 Å². The van der Waals surface area contributed by atoms with Crippen LogP contribution >= 0.6 is 12.4 Å². The van der Waals surface area contributed by atoms with Gasteiger partial charge in [-0.2, -0.15) is 5.10 Å². The van der Waals surface area contributed by atoms with Gasteiger partial charge in [0.2, 0.25) is 0 Å². The Kier molecular flexibility index (Phi) is 3.72. The topological polar surface area (TPSA) is 81.1 Å². The van der Waals surface area contributed by atoms with Crippen molar-refractivity contribution in [2.45, 2.75) is 6.54 Å². The van der Waals surface area contributed by atoms with Crippen molar-refractivity contribution in [3.63, 3.8) is 0 Å². The van der Waals surface area contributed by atoms with Gasteiger partial charge in [0.1, 0.15) is 5.56 Å². The molecule has 0 unspecified atom stereocenters. The Morgan fingerprint density at radius 3 is 2.75 bits per heavy atom. The fourth-order valence-electron chi connectivity index (χ4n) is 0.884. The average Bonchev–Trinajstić information content (AvgIpc) is 2.30. The molecule has 1 heterocycles. The Bertz CT molecular complexity index is 284. The molecule has 0 bridgehead atoms. The number of rotatable bonds is 2. The van der Waals surface area contributed by atoms with Gasteiger partial charge in [-0.25, -0.2) is 4.79 Å². The highest BCUT2D eigenvalue weighted by atomic mass is 35.5. The first-order chi connectivity index (χ1) is 5.16. The van der Waals surface area contributed by atoms with Crippen LogP contribution in [-0.2, 0) is 13.6 Å². The summed E-state index contributed by atoms with van der Waals surface area (Å²) in [6.45, 7) is 0.193. The average molecular weight is 192 g/mol. The van der Waals surface area contributed by atoms with Crippen LogP contribution in [0.4, 0.5) is 0 Å². The first kappa shape index (κ1) is 10.9. The molecule has 5 nitrogen and oxygen atoms in total. The molecule has 0 aliphatic heterocycles. The van der Waals surface area contributed by atoms with Crippen molar-refractivity contribution in [3.8, 4) is 0 Å². The van der Waals surface area contributed by atoms with Gasteiger partial charge in [0, 0.05) is 13.6 Å². The van der Waals surface area contributed by atoms with E-state index in [4.69, 9.17) is 10.8 Å². The number of nitrogens with two attached hydrogens (primary N) is 1. The Hall–Kier alpha value is -1.07. The number of carboxylic acids is 1. The number of hydrogen-bond acceptors (Lipinski definition) is 3. The summed E-state index contributed by atoms with van der Waals surface area (Å²) in [4.78, 5) is 10.5. The molecule has 1 aromatic rings. The van der Waals surface area contributed by atoms with Crippen molar-refractivity contribution in [2.24, 2.45) is 12.8 Å². The molecule has 0 atom stereocenters. The second-order valence-electron chi connectivity index (χ2n) is 2.14. The Balaban J connectivity index is 0.00000121. The van der Waals surface area contributed by atoms with Gasteiger partial charge in [-0.15, -0.1) is 12.4 Å². The zero-order valence-corrected chi connectivity index (χ0v) is 7.34. The number of carboxylic acid groups (broad SMARTS) is 1. The van der Waals surface area contributed by atoms with E-state index >= 15 is 0 Å². The van der Waals surface area contributed by atoms with Gasteiger partial charge in [-0.05, 0) is 0 Å². The summed E-state index contributed by atoms with van der Waals surface area (Å²) in [6.07, 6.45) is 1.30. The molecule has 0 amide bonds. The number of aromatic carboxylic acids is 1. The Labute approximate surface area is 75.6 Å². The number of aromatic nitrogens is 2. The van der Waals surface area contributed by atoms with Crippen LogP contribution in [0.2, 0.25) is 0 Å². The Morgan fingerprint density at radius 1 is 1.83 bits per heavy atom. The van der Waals surface area contributed by atoms with Crippen molar-refractivity contribution >= 4 is 18.4 Å². The number of aryl methyl sites for hydroxylation is 1. The van der Waals surface area contributed by atoms with Gasteiger partial charge in [0.05, 0.1) is 11.9 Å². The standard InChI is InChI=1S/C6H9N3O2.ClH/c1-9-5(2-7)4(3-8-9)6(10)11;/h3H,2,7H2,1H3,(H,10,11);1H. The highest BCUT2D eigenvalue weighted by molar-refractivity contribution is 5.88. The van der Waals surface area contributed by atoms with Crippen LogP contribution in [0.1, 0.15) is 16.1 Å². The number of carbonyl (C=O) groups is 1. The molecule has 3 N–H and O–H groups in total. The molecule has 0 saturated carbocycles. The molecule has 0 spiro atoms. The second kappa shape index (κ2) is 4.08. The molecule has 0 fully saturated rings. The maximum absolute atomic E-state index is 10.5. The van der Waals surface area contributed by atoms with E-state index in [1.165, 1.54) is 10.9 Å². The third-order valence-corrected chi connectivity index (χ3v) is 1.49. The molecule has 1 rings (SSSR count). The highest BCUT2D eigenvalue weighted by Gasteiger charge is 2.12. The number of hydrogen-bond donors (Lipinski definition) is 2. The fraction of sp³-hybridized carbons (Fsp3) is 0.333. The van der Waals surface area contributed by atoms with Crippen molar-refractivity contribution in [1.29, 1.82) is 0 Å². The Morgan fingerprint density at radius 2 is 2.42 bits per heavy atom. The van der Waals surface area contributed by atoms with Crippen molar-refractivity contribution < 1.29 is 9.90 Å². The molecule has 6 heteroatoms. The minimum absolute atomic E-state index is 0. The van der Waals surface area contributed by atoms with Crippen molar-refractivity contribution in [2.75, 3.05) is 0 Å². The lowest BCUT2D eigenvalue weighted by Crippen LogP contribution is -2.09. The van der Waals surface area contributed by atoms with Crippen LogP contribution in [0.5, 0.6) is 0 Å². The van der Waals surface area contributed by atoms with E-state index in [1.54, 1.807) is 7.05 Å². The SMILES string of the molecule is Cl.Cn1ncc(C(=O)O)c1CN. The van der Waals surface area contributed by atoms with E-state index in [9.17, 15) is 4.79 Å². The van der Waals surface area contributed by atoms with Gasteiger partial charge in [-0.1, -0.05) is 0 Å². The van der Waals surface area contributed by atoms with E-state index in [0.717, 1.165) is 0 Å². The monoisotopic (exact) mass is 191 g/mol. The van der Waals surface area contributed by atoms with E-state index in [0.29, 0.717) is 5.69 Å². The van der Waals surface area contributed by atoms with E-state index < -0.39 is 5.97 Å². The van der Waals surface area contributed by atoms with Gasteiger partial charge < -0.3 is 10.8 Å². The third-order valence-electron chi connectivity index (χ3n) is 1.49. The minimum atomic E-state index is -0.987. The zero-order chi connectivity index (χ0) is 8.43. The molecule has 0 radical (unpaired) electrons. The van der Waals surface area contributed by atoms with Crippen LogP contribution in [0.15, 0.2) is 6.20 Å². The maximum atomic E-state index is 10.5. The third kappa shape index (κ3) is 1.75. The summed E-state index contributed by atoms with van der Waals surface area (Å²) >= 11 is 0. The van der Waals surface area contributed by atoms with Crippen LogP contribution in [0.25, 0.3) is 0 Å². The lowest BCUT2D eigenvalue weighted by molar-refractivity contribution is 0.0695. The maximum Gasteiger partial charge on any atom is 0.339 e. The fourth-order valence-corrected chi connectivity index (χ4v) is 0.884. The lowest BCUT2D eigenvalue weighted by atomic mass is 10.2. The normalized spacial score (nSPS) is 9.17. The van der Waals surface area contributed by atoms with Crippen LogP contribution in [0, 0.1) is 0 Å². The first-order valence-corrected chi connectivity index (χ1v) is 3.11. The summed E-state index contributed by atoms with van der Waals surface area (Å²) in [5.41, 5.74) is 6.02. The molecule has 0 aliphatic rings. The largest absolute Gasteiger partial charge is 0.478 e. The minimum Gasteiger partial charge on any atom is -0.478 e. The second-order valence-corrected chi connectivity index (χ2v) is 2.14. The van der Waals surface area contributed by atoms with Crippen LogP contribution in [0.3, 0.4) is 0 Å². The highest BCUT2D eigenvalue weighted by Crippen LogP contribution is 2.05. The van der Waals surface area contributed by atoms with E-state index in [-0.39, 0.29) is 24.5 Å². The van der Waals surface area contributed by atoms with Gasteiger partial charge in [-0.3, -0.25) is 4.68 Å². The van der Waals surface area contributed by atoms with Crippen molar-refractivity contribution in [3.05, 3.63) is 17.5 Å². The summed E-state index contributed by atoms with van der Waals surface area (Å²) in [5, 5.41) is 12.4. The number of halogens is 1. The van der Waals surface area contributed by atoms with Crippen molar-refractivity contribution in [1.82, 2.24) is 9.78 Å². The zero-order valence-electron chi connectivity index (χ0n) is 6.52. The van der Waals surface area contributed by atoms with E-state index in [2.05, 4.69) is 5.10 Å². The molecule has 0 aliphatic carbocycles. The number of nitrogens with zero attached hydrogens (tertiary/aromatic N) is 2. The summed E-state index contributed by atoms with van der Waals surface area (Å²) in [6, 6.07) is 0. The molecule has 0 saturated heterocycles. The summed E-state index contributed by atoms with van der Waals surface area (Å²) in [7, 11) is 1.66. The molecular weight excluding hydrogens is 182 g/mol. The summed E-state index contributed by atoms with van der Waals surface area (Å²) < 4.78 is 1.46. The van der Waals surface area contributed by atoms with Gasteiger partial charge in [0.15, 0.2) is 0 Å². The first-order valence-electron chi connectivity index (χ1n) is 3.11. The van der Waals surface area contributed by atoms with E-state index in [1.807, 2.05) is 0 Å². The van der Waals surface area contributed by atoms with Gasteiger partial charge in [0.25, 0.3) is 0 Å². The lowest BCUT2D eigenvalue weighted by Gasteiger charge is -1.97.